The summed E-state index contributed by atoms with van der Waals surface area (Å²) in [4.78, 5) is 56.2. The molecule has 0 saturated heterocycles. The fourth-order valence-corrected chi connectivity index (χ4v) is 8.23. The van der Waals surface area contributed by atoms with Crippen LogP contribution >= 0.6 is 0 Å². The summed E-state index contributed by atoms with van der Waals surface area (Å²) in [7, 11) is 0. The number of hydrogen-bond acceptors (Lipinski definition) is 8. The molecule has 1 aromatic heterocycles. The van der Waals surface area contributed by atoms with Crippen molar-refractivity contribution in [2.45, 2.75) is 265 Å². The first-order valence-corrected chi connectivity index (χ1v) is 26.0. The van der Waals surface area contributed by atoms with Gasteiger partial charge in [-0.25, -0.2) is 4.79 Å². The Balaban J connectivity index is 2.41. The molecular weight excluding hydrogens is 765 g/mol. The third kappa shape index (κ3) is 34.5. The monoisotopic (exact) mass is 861 g/mol. The standard InChI is InChI=1S/C51H96N4O6/c1-5-9-12-15-20-27-35-45(8-4)60-48(56)38-30-23-18-25-32-41-55(43-34-40-52-47-44-53-51(59)54-50(47)58)42-33-26-19-24-31-39-49(57)61-46(36-28-21-16-13-10-6-2)37-29-22-17-14-11-7-3/h44-46,52H,5-43H2,1-4H3,(H2,53,54,58,59). The minimum Gasteiger partial charge on any atom is -0.462 e. The Morgan fingerprint density at radius 2 is 0.918 bits per heavy atom. The van der Waals surface area contributed by atoms with E-state index in [0.29, 0.717) is 25.1 Å². The summed E-state index contributed by atoms with van der Waals surface area (Å²) in [5, 5.41) is 3.16. The number of anilines is 1. The number of aromatic amines is 2. The summed E-state index contributed by atoms with van der Waals surface area (Å²) in [5.41, 5.74) is -0.522. The van der Waals surface area contributed by atoms with Crippen LogP contribution in [0.1, 0.15) is 252 Å². The third-order valence-corrected chi connectivity index (χ3v) is 12.2. The second-order valence-electron chi connectivity index (χ2n) is 17.9. The lowest BCUT2D eigenvalue weighted by atomic mass is 10.0. The number of ether oxygens (including phenoxy) is 2. The van der Waals surface area contributed by atoms with Gasteiger partial charge in [0.05, 0.1) is 0 Å². The number of rotatable bonds is 45. The fraction of sp³-hybridized carbons (Fsp3) is 0.882. The molecule has 356 valence electrons. The third-order valence-electron chi connectivity index (χ3n) is 12.2. The van der Waals surface area contributed by atoms with E-state index in [9.17, 15) is 19.2 Å². The largest absolute Gasteiger partial charge is 0.462 e. The van der Waals surface area contributed by atoms with Crippen LogP contribution in [0.25, 0.3) is 0 Å². The van der Waals surface area contributed by atoms with E-state index in [2.05, 4.69) is 47.9 Å². The van der Waals surface area contributed by atoms with Crippen molar-refractivity contribution in [2.24, 2.45) is 0 Å². The average molecular weight is 861 g/mol. The van der Waals surface area contributed by atoms with Gasteiger partial charge in [0.2, 0.25) is 0 Å². The normalized spacial score (nSPS) is 12.0. The Kier molecular flexibility index (Phi) is 38.3. The lowest BCUT2D eigenvalue weighted by molar-refractivity contribution is -0.150. The predicted octanol–water partition coefficient (Wildman–Crippen LogP) is 13.3. The molecule has 0 aliphatic rings. The number of H-pyrrole nitrogens is 2. The van der Waals surface area contributed by atoms with Gasteiger partial charge in [-0.1, -0.05) is 163 Å². The molecule has 1 unspecified atom stereocenters. The minimum absolute atomic E-state index is 0.00512. The predicted molar refractivity (Wildman–Crippen MR) is 257 cm³/mol. The molecule has 1 rings (SSSR count). The first kappa shape index (κ1) is 56.4. The van der Waals surface area contributed by atoms with Gasteiger partial charge in [-0.2, -0.15) is 0 Å². The molecule has 0 spiro atoms. The number of nitrogens with zero attached hydrogens (tertiary/aromatic N) is 1. The number of aromatic nitrogens is 2. The van der Waals surface area contributed by atoms with E-state index in [-0.39, 0.29) is 24.1 Å². The van der Waals surface area contributed by atoms with Crippen molar-refractivity contribution in [1.29, 1.82) is 0 Å². The van der Waals surface area contributed by atoms with Crippen LogP contribution in [0.2, 0.25) is 0 Å². The number of carbonyl (C=O) groups excluding carboxylic acids is 2. The molecule has 0 bridgehead atoms. The zero-order chi connectivity index (χ0) is 44.4. The zero-order valence-electron chi connectivity index (χ0n) is 40.2. The Bertz CT molecular complexity index is 1250. The Morgan fingerprint density at radius 1 is 0.525 bits per heavy atom. The quantitative estimate of drug-likeness (QED) is 0.0436. The molecule has 0 radical (unpaired) electrons. The van der Waals surface area contributed by atoms with Crippen molar-refractivity contribution in [3.05, 3.63) is 27.0 Å². The van der Waals surface area contributed by atoms with Crippen LogP contribution in [0, 0.1) is 0 Å². The summed E-state index contributed by atoms with van der Waals surface area (Å²) in [6, 6.07) is 0. The number of hydrogen-bond donors (Lipinski definition) is 3. The number of carbonyl (C=O) groups is 2. The zero-order valence-corrected chi connectivity index (χ0v) is 40.2. The van der Waals surface area contributed by atoms with Crippen LogP contribution in [-0.2, 0) is 19.1 Å². The second-order valence-corrected chi connectivity index (χ2v) is 17.9. The molecular formula is C51H96N4O6. The van der Waals surface area contributed by atoms with E-state index >= 15 is 0 Å². The van der Waals surface area contributed by atoms with E-state index < -0.39 is 11.2 Å². The maximum atomic E-state index is 12.9. The average Bonchev–Trinajstić information content (AvgIpc) is 3.24. The van der Waals surface area contributed by atoms with Gasteiger partial charge >= 0.3 is 17.6 Å². The van der Waals surface area contributed by atoms with Gasteiger partial charge in [0, 0.05) is 25.6 Å². The van der Waals surface area contributed by atoms with E-state index in [1.807, 2.05) is 0 Å². The van der Waals surface area contributed by atoms with Crippen LogP contribution in [0.15, 0.2) is 15.8 Å². The summed E-state index contributed by atoms with van der Waals surface area (Å²) < 4.78 is 11.9. The van der Waals surface area contributed by atoms with E-state index in [1.165, 1.54) is 103 Å². The van der Waals surface area contributed by atoms with Crippen LogP contribution in [0.3, 0.4) is 0 Å². The highest BCUT2D eigenvalue weighted by molar-refractivity contribution is 5.69. The van der Waals surface area contributed by atoms with Gasteiger partial charge in [0.15, 0.2) is 0 Å². The maximum Gasteiger partial charge on any atom is 0.325 e. The number of nitrogens with one attached hydrogen (secondary N) is 3. The molecule has 0 aliphatic heterocycles. The maximum absolute atomic E-state index is 12.9. The first-order chi connectivity index (χ1) is 29.8. The van der Waals surface area contributed by atoms with E-state index in [0.717, 1.165) is 135 Å². The van der Waals surface area contributed by atoms with Crippen molar-refractivity contribution in [2.75, 3.05) is 31.5 Å². The SMILES string of the molecule is CCCCCCCCC(CC)OC(=O)CCCCCCCN(CCCCCCCC(=O)OC(CCCCCCCC)CCCCCCCC)CCCNc1c[nH]c(=O)[nH]c1=O. The molecule has 0 amide bonds. The second kappa shape index (κ2) is 41.4. The Hall–Kier alpha value is -2.62. The van der Waals surface area contributed by atoms with Crippen LogP contribution in [0.5, 0.6) is 0 Å². The highest BCUT2D eigenvalue weighted by atomic mass is 16.5. The van der Waals surface area contributed by atoms with Crippen LogP contribution < -0.4 is 16.6 Å². The minimum atomic E-state index is -0.503. The molecule has 0 saturated carbocycles. The summed E-state index contributed by atoms with van der Waals surface area (Å²) in [6.07, 6.45) is 40.9. The molecule has 61 heavy (non-hydrogen) atoms. The van der Waals surface area contributed by atoms with Crippen molar-refractivity contribution in [3.8, 4) is 0 Å². The molecule has 3 N–H and O–H groups in total. The van der Waals surface area contributed by atoms with Crippen molar-refractivity contribution in [3.63, 3.8) is 0 Å². The van der Waals surface area contributed by atoms with Crippen molar-refractivity contribution < 1.29 is 19.1 Å². The molecule has 1 atom stereocenters. The topological polar surface area (TPSA) is 134 Å². The van der Waals surface area contributed by atoms with E-state index in [1.54, 1.807) is 0 Å². The lowest BCUT2D eigenvalue weighted by Gasteiger charge is -2.22. The van der Waals surface area contributed by atoms with Crippen LogP contribution in [-0.4, -0.2) is 65.2 Å². The van der Waals surface area contributed by atoms with Gasteiger partial charge in [-0.15, -0.1) is 0 Å². The van der Waals surface area contributed by atoms with Gasteiger partial charge in [-0.05, 0) is 96.7 Å². The van der Waals surface area contributed by atoms with Gasteiger partial charge in [0.25, 0.3) is 5.56 Å². The molecule has 10 nitrogen and oxygen atoms in total. The van der Waals surface area contributed by atoms with Crippen molar-refractivity contribution >= 4 is 17.6 Å². The fourth-order valence-electron chi connectivity index (χ4n) is 8.23. The van der Waals surface area contributed by atoms with Crippen LogP contribution in [0.4, 0.5) is 5.69 Å². The Labute approximate surface area is 373 Å². The molecule has 1 heterocycles. The van der Waals surface area contributed by atoms with Gasteiger partial charge in [0.1, 0.15) is 17.9 Å². The molecule has 0 fully saturated rings. The van der Waals surface area contributed by atoms with Gasteiger partial charge in [-0.3, -0.25) is 19.4 Å². The molecule has 1 aromatic rings. The van der Waals surface area contributed by atoms with Gasteiger partial charge < -0.3 is 24.7 Å². The summed E-state index contributed by atoms with van der Waals surface area (Å²) in [6.45, 7) is 12.5. The molecule has 10 heteroatoms. The van der Waals surface area contributed by atoms with E-state index in [4.69, 9.17) is 9.47 Å². The summed E-state index contributed by atoms with van der Waals surface area (Å²) in [5.74, 6) is -0.0397. The van der Waals surface area contributed by atoms with Crippen molar-refractivity contribution in [1.82, 2.24) is 14.9 Å². The first-order valence-electron chi connectivity index (χ1n) is 26.0. The lowest BCUT2D eigenvalue weighted by Crippen LogP contribution is -2.29. The number of esters is 2. The smallest absolute Gasteiger partial charge is 0.325 e. The highest BCUT2D eigenvalue weighted by Crippen LogP contribution is 2.19. The molecule has 0 aromatic carbocycles. The highest BCUT2D eigenvalue weighted by Gasteiger charge is 2.15. The molecule has 0 aliphatic carbocycles. The summed E-state index contributed by atoms with van der Waals surface area (Å²) >= 11 is 0. The Morgan fingerprint density at radius 3 is 1.38 bits per heavy atom. The number of unbranched alkanes of at least 4 members (excludes halogenated alkanes) is 23.